The molecule has 0 saturated heterocycles. The van der Waals surface area contributed by atoms with Gasteiger partial charge in [0.2, 0.25) is 5.95 Å². The molecule has 2 aromatic carbocycles. The quantitative estimate of drug-likeness (QED) is 0.550. The van der Waals surface area contributed by atoms with Gasteiger partial charge < -0.3 is 11.1 Å². The van der Waals surface area contributed by atoms with E-state index in [0.29, 0.717) is 16.6 Å². The van der Waals surface area contributed by atoms with Crippen molar-refractivity contribution in [2.75, 3.05) is 11.1 Å². The molecule has 6 nitrogen and oxygen atoms in total. The fourth-order valence-corrected chi connectivity index (χ4v) is 3.47. The van der Waals surface area contributed by atoms with Crippen molar-refractivity contribution in [3.63, 3.8) is 0 Å². The highest BCUT2D eigenvalue weighted by atomic mass is 32.1. The molecular formula is C20H14N6S. The van der Waals surface area contributed by atoms with E-state index in [-0.39, 0.29) is 0 Å². The van der Waals surface area contributed by atoms with Crippen LogP contribution in [0.3, 0.4) is 0 Å². The number of hydrogen-bond acceptors (Lipinski definition) is 7. The second-order valence-electron chi connectivity index (χ2n) is 5.68. The van der Waals surface area contributed by atoms with Gasteiger partial charge in [0, 0.05) is 17.4 Å². The lowest BCUT2D eigenvalue weighted by molar-refractivity contribution is 1.17. The van der Waals surface area contributed by atoms with Crippen LogP contribution in [0.15, 0.2) is 66.9 Å². The summed E-state index contributed by atoms with van der Waals surface area (Å²) in [4.78, 5) is 14.2. The van der Waals surface area contributed by atoms with Crippen molar-refractivity contribution in [2.45, 2.75) is 0 Å². The Bertz CT molecular complexity index is 1130. The largest absolute Gasteiger partial charge is 0.375 e. The maximum Gasteiger partial charge on any atom is 0.227 e. The van der Waals surface area contributed by atoms with Crippen LogP contribution in [0.25, 0.3) is 21.8 Å². The summed E-state index contributed by atoms with van der Waals surface area (Å²) >= 11 is 1.39. The average Bonchev–Trinajstić information content (AvgIpc) is 3.11. The van der Waals surface area contributed by atoms with Gasteiger partial charge in [-0.05, 0) is 24.3 Å². The van der Waals surface area contributed by atoms with Crippen LogP contribution >= 0.6 is 11.3 Å². The summed E-state index contributed by atoms with van der Waals surface area (Å²) in [6.45, 7) is 0. The Balaban J connectivity index is 1.70. The number of anilines is 3. The topological polar surface area (TPSA) is 101 Å². The zero-order chi connectivity index (χ0) is 18.6. The predicted octanol–water partition coefficient (Wildman–Crippen LogP) is 4.46. The molecule has 27 heavy (non-hydrogen) atoms. The minimum Gasteiger partial charge on any atom is -0.375 e. The molecule has 0 fully saturated rings. The third-order valence-corrected chi connectivity index (χ3v) is 4.73. The third kappa shape index (κ3) is 3.61. The number of hydrogen-bond donors (Lipinski definition) is 2. The van der Waals surface area contributed by atoms with E-state index < -0.39 is 0 Å². The van der Waals surface area contributed by atoms with Gasteiger partial charge in [-0.15, -0.1) is 0 Å². The fraction of sp³-hybridized carbons (Fsp3) is 0. The summed E-state index contributed by atoms with van der Waals surface area (Å²) in [5, 5.41) is 12.7. The third-order valence-electron chi connectivity index (χ3n) is 3.83. The maximum absolute atomic E-state index is 9.04. The molecule has 0 aliphatic carbocycles. The van der Waals surface area contributed by atoms with E-state index in [1.807, 2.05) is 48.5 Å². The molecule has 2 heterocycles. The highest BCUT2D eigenvalue weighted by Crippen LogP contribution is 2.37. The molecule has 0 atom stereocenters. The van der Waals surface area contributed by atoms with E-state index in [9.17, 15) is 0 Å². The van der Waals surface area contributed by atoms with Crippen LogP contribution in [0.2, 0.25) is 0 Å². The van der Waals surface area contributed by atoms with Crippen molar-refractivity contribution in [2.24, 2.45) is 0 Å². The summed E-state index contributed by atoms with van der Waals surface area (Å²) in [6.07, 6.45) is 1.68. The van der Waals surface area contributed by atoms with E-state index in [0.717, 1.165) is 27.5 Å². The lowest BCUT2D eigenvalue weighted by Gasteiger charge is -2.07. The Kier molecular flexibility index (Phi) is 4.47. The van der Waals surface area contributed by atoms with Gasteiger partial charge in [-0.2, -0.15) is 5.26 Å². The molecule has 0 amide bonds. The normalized spacial score (nSPS) is 10.3. The first-order chi connectivity index (χ1) is 13.2. The molecule has 0 spiro atoms. The summed E-state index contributed by atoms with van der Waals surface area (Å²) < 4.78 is 0. The lowest BCUT2D eigenvalue weighted by atomic mass is 10.1. The second-order valence-corrected chi connectivity index (χ2v) is 6.71. The van der Waals surface area contributed by atoms with E-state index in [4.69, 9.17) is 11.0 Å². The number of nitriles is 1. The zero-order valence-electron chi connectivity index (χ0n) is 14.1. The number of thiazole rings is 1. The summed E-state index contributed by atoms with van der Waals surface area (Å²) in [7, 11) is 0. The molecule has 3 N–H and O–H groups in total. The molecule has 130 valence electrons. The van der Waals surface area contributed by atoms with Crippen molar-refractivity contribution in [1.29, 1.82) is 5.26 Å². The van der Waals surface area contributed by atoms with E-state index in [1.54, 1.807) is 18.3 Å². The molecule has 0 unspecified atom stereocenters. The number of aromatic nitrogens is 3. The molecule has 0 aliphatic heterocycles. The van der Waals surface area contributed by atoms with Gasteiger partial charge in [0.15, 0.2) is 5.13 Å². The van der Waals surface area contributed by atoms with Crippen molar-refractivity contribution >= 4 is 28.1 Å². The maximum atomic E-state index is 9.04. The molecular weight excluding hydrogens is 356 g/mol. The Morgan fingerprint density at radius 2 is 1.85 bits per heavy atom. The smallest absolute Gasteiger partial charge is 0.227 e. The number of rotatable bonds is 4. The summed E-state index contributed by atoms with van der Waals surface area (Å²) in [6, 6.07) is 21.0. The number of nitrogens with zero attached hydrogens (tertiary/aromatic N) is 4. The first-order valence-corrected chi connectivity index (χ1v) is 8.97. The minimum absolute atomic E-state index is 0.438. The van der Waals surface area contributed by atoms with Gasteiger partial charge in [-0.25, -0.2) is 15.0 Å². The summed E-state index contributed by atoms with van der Waals surface area (Å²) in [5.74, 6) is 0.438. The van der Waals surface area contributed by atoms with Crippen LogP contribution in [-0.2, 0) is 0 Å². The first kappa shape index (κ1) is 16.7. The number of nitrogens with one attached hydrogen (secondary N) is 1. The van der Waals surface area contributed by atoms with E-state index in [1.165, 1.54) is 11.3 Å². The highest BCUT2D eigenvalue weighted by Gasteiger charge is 2.15. The summed E-state index contributed by atoms with van der Waals surface area (Å²) in [5.41, 5.74) is 9.80. The molecule has 4 aromatic rings. The lowest BCUT2D eigenvalue weighted by Crippen LogP contribution is -1.98. The van der Waals surface area contributed by atoms with Gasteiger partial charge in [0.25, 0.3) is 0 Å². The van der Waals surface area contributed by atoms with Crippen LogP contribution in [0.5, 0.6) is 0 Å². The Morgan fingerprint density at radius 3 is 2.67 bits per heavy atom. The number of benzene rings is 2. The number of nitrogens with two attached hydrogens (primary N) is 1. The van der Waals surface area contributed by atoms with Crippen molar-refractivity contribution in [3.8, 4) is 27.9 Å². The molecule has 7 heteroatoms. The molecule has 0 saturated carbocycles. The highest BCUT2D eigenvalue weighted by molar-refractivity contribution is 7.19. The standard InChI is InChI=1S/C20H14N6S/c21-12-13-5-4-8-15(11-13)24-20-23-10-9-16(25-20)18-17(26-19(22)27-18)14-6-2-1-3-7-14/h1-11H,(H2,22,26)(H,23,24,25). The van der Waals surface area contributed by atoms with Crippen molar-refractivity contribution in [3.05, 3.63) is 72.4 Å². The molecule has 0 bridgehead atoms. The zero-order valence-corrected chi connectivity index (χ0v) is 14.9. The van der Waals surface area contributed by atoms with Gasteiger partial charge in [0.1, 0.15) is 0 Å². The average molecular weight is 370 g/mol. The fourth-order valence-electron chi connectivity index (χ4n) is 2.64. The Morgan fingerprint density at radius 1 is 1.00 bits per heavy atom. The van der Waals surface area contributed by atoms with Crippen LogP contribution in [0, 0.1) is 11.3 Å². The Labute approximate surface area is 160 Å². The van der Waals surface area contributed by atoms with Crippen LogP contribution in [-0.4, -0.2) is 15.0 Å². The van der Waals surface area contributed by atoms with Crippen LogP contribution < -0.4 is 11.1 Å². The molecule has 0 radical (unpaired) electrons. The second kappa shape index (κ2) is 7.23. The molecule has 0 aliphatic rings. The molecule has 2 aromatic heterocycles. The number of nitrogen functional groups attached to an aromatic ring is 1. The van der Waals surface area contributed by atoms with Crippen LogP contribution in [0.4, 0.5) is 16.8 Å². The van der Waals surface area contributed by atoms with E-state index >= 15 is 0 Å². The van der Waals surface area contributed by atoms with E-state index in [2.05, 4.69) is 26.3 Å². The Hall–Kier alpha value is -3.76. The SMILES string of the molecule is N#Cc1cccc(Nc2nccc(-c3sc(N)nc3-c3ccccc3)n2)c1. The van der Waals surface area contributed by atoms with Crippen LogP contribution in [0.1, 0.15) is 5.56 Å². The van der Waals surface area contributed by atoms with Crippen molar-refractivity contribution < 1.29 is 0 Å². The van der Waals surface area contributed by atoms with Gasteiger partial charge in [-0.3, -0.25) is 0 Å². The predicted molar refractivity (Wildman–Crippen MR) is 107 cm³/mol. The molecule has 4 rings (SSSR count). The monoisotopic (exact) mass is 370 g/mol. The minimum atomic E-state index is 0.438. The van der Waals surface area contributed by atoms with Gasteiger partial charge >= 0.3 is 0 Å². The van der Waals surface area contributed by atoms with Crippen molar-refractivity contribution in [1.82, 2.24) is 15.0 Å². The first-order valence-electron chi connectivity index (χ1n) is 8.15. The van der Waals surface area contributed by atoms with Gasteiger partial charge in [-0.1, -0.05) is 47.7 Å². The van der Waals surface area contributed by atoms with Gasteiger partial charge in [0.05, 0.1) is 27.9 Å².